The summed E-state index contributed by atoms with van der Waals surface area (Å²) in [7, 11) is 1.26. The van der Waals surface area contributed by atoms with Crippen molar-refractivity contribution in [2.45, 2.75) is 0 Å². The predicted molar refractivity (Wildman–Crippen MR) is 92.5 cm³/mol. The normalized spacial score (nSPS) is 9.80. The van der Waals surface area contributed by atoms with Crippen molar-refractivity contribution in [2.75, 3.05) is 19.0 Å². The van der Waals surface area contributed by atoms with Crippen molar-refractivity contribution < 1.29 is 19.1 Å². The monoisotopic (exact) mass is 339 g/mol. The SMILES string of the molecule is C=CCNC(=O)c1cc(C(=O)Nc2ccccc2C(=O)OC)ccn1. The third-order valence-corrected chi connectivity index (χ3v) is 3.24. The Hall–Kier alpha value is -3.48. The Kier molecular flexibility index (Phi) is 6.00. The van der Waals surface area contributed by atoms with Crippen LogP contribution in [0, 0.1) is 0 Å². The molecule has 1 heterocycles. The molecule has 0 aliphatic carbocycles. The maximum Gasteiger partial charge on any atom is 0.339 e. The number of methoxy groups -OCH3 is 1. The summed E-state index contributed by atoms with van der Waals surface area (Å²) >= 11 is 0. The molecule has 0 aliphatic rings. The van der Waals surface area contributed by atoms with E-state index in [4.69, 9.17) is 4.74 Å². The Morgan fingerprint density at radius 1 is 1.20 bits per heavy atom. The molecule has 0 atom stereocenters. The van der Waals surface area contributed by atoms with E-state index in [-0.39, 0.29) is 16.8 Å². The van der Waals surface area contributed by atoms with Gasteiger partial charge < -0.3 is 15.4 Å². The van der Waals surface area contributed by atoms with Gasteiger partial charge in [0, 0.05) is 18.3 Å². The van der Waals surface area contributed by atoms with E-state index in [0.717, 1.165) is 0 Å². The van der Waals surface area contributed by atoms with E-state index in [1.54, 1.807) is 24.3 Å². The molecule has 128 valence electrons. The molecule has 0 saturated carbocycles. The molecule has 7 nitrogen and oxygen atoms in total. The molecule has 2 N–H and O–H groups in total. The fraction of sp³-hybridized carbons (Fsp3) is 0.111. The molecule has 0 aliphatic heterocycles. The summed E-state index contributed by atoms with van der Waals surface area (Å²) in [6.07, 6.45) is 2.90. The smallest absolute Gasteiger partial charge is 0.339 e. The summed E-state index contributed by atoms with van der Waals surface area (Å²) in [5.41, 5.74) is 0.888. The highest BCUT2D eigenvalue weighted by Crippen LogP contribution is 2.17. The van der Waals surface area contributed by atoms with Crippen LogP contribution in [0.1, 0.15) is 31.2 Å². The first-order valence-electron chi connectivity index (χ1n) is 7.40. The molecule has 0 spiro atoms. The minimum Gasteiger partial charge on any atom is -0.465 e. The van der Waals surface area contributed by atoms with Gasteiger partial charge in [0.1, 0.15) is 5.69 Å². The standard InChI is InChI=1S/C18H17N3O4/c1-3-9-20-17(23)15-11-12(8-10-19-15)16(22)21-14-7-5-4-6-13(14)18(24)25-2/h3-8,10-11H,1,9H2,2H3,(H,20,23)(H,21,22). The first kappa shape index (κ1) is 17.9. The van der Waals surface area contributed by atoms with Gasteiger partial charge in [0.15, 0.2) is 0 Å². The van der Waals surface area contributed by atoms with Gasteiger partial charge >= 0.3 is 5.97 Å². The Morgan fingerprint density at radius 3 is 2.68 bits per heavy atom. The van der Waals surface area contributed by atoms with Crippen molar-refractivity contribution >= 4 is 23.5 Å². The van der Waals surface area contributed by atoms with Crippen LogP contribution in [0.2, 0.25) is 0 Å². The van der Waals surface area contributed by atoms with E-state index in [2.05, 4.69) is 22.2 Å². The topological polar surface area (TPSA) is 97.4 Å². The van der Waals surface area contributed by atoms with Gasteiger partial charge in [-0.3, -0.25) is 14.6 Å². The third-order valence-electron chi connectivity index (χ3n) is 3.24. The average molecular weight is 339 g/mol. The molecule has 1 aromatic heterocycles. The van der Waals surface area contributed by atoms with Crippen molar-refractivity contribution in [1.82, 2.24) is 10.3 Å². The van der Waals surface area contributed by atoms with E-state index < -0.39 is 17.8 Å². The summed E-state index contributed by atoms with van der Waals surface area (Å²) in [6.45, 7) is 3.81. The lowest BCUT2D eigenvalue weighted by atomic mass is 10.1. The van der Waals surface area contributed by atoms with Crippen molar-refractivity contribution in [3.8, 4) is 0 Å². The molecule has 2 rings (SSSR count). The van der Waals surface area contributed by atoms with Crippen LogP contribution in [-0.2, 0) is 4.74 Å². The van der Waals surface area contributed by atoms with Crippen LogP contribution in [-0.4, -0.2) is 36.4 Å². The molecular formula is C18H17N3O4. The maximum atomic E-state index is 12.4. The largest absolute Gasteiger partial charge is 0.465 e. The Balaban J connectivity index is 2.21. The number of carbonyl (C=O) groups is 3. The van der Waals surface area contributed by atoms with Crippen molar-refractivity contribution in [2.24, 2.45) is 0 Å². The number of hydrogen-bond acceptors (Lipinski definition) is 5. The predicted octanol–water partition coefficient (Wildman–Crippen LogP) is 2.04. The molecule has 0 fully saturated rings. The van der Waals surface area contributed by atoms with E-state index in [9.17, 15) is 14.4 Å². The average Bonchev–Trinajstić information content (AvgIpc) is 2.66. The van der Waals surface area contributed by atoms with Crippen molar-refractivity contribution in [3.63, 3.8) is 0 Å². The molecule has 0 bridgehead atoms. The molecule has 1 aromatic carbocycles. The van der Waals surface area contributed by atoms with Crippen LogP contribution in [0.3, 0.4) is 0 Å². The number of aromatic nitrogens is 1. The van der Waals surface area contributed by atoms with E-state index in [0.29, 0.717) is 12.2 Å². The number of esters is 1. The van der Waals surface area contributed by atoms with Gasteiger partial charge in [0.05, 0.1) is 18.4 Å². The fourth-order valence-corrected chi connectivity index (χ4v) is 2.03. The summed E-state index contributed by atoms with van der Waals surface area (Å²) in [5, 5.41) is 5.22. The zero-order chi connectivity index (χ0) is 18.2. The lowest BCUT2D eigenvalue weighted by molar-refractivity contribution is 0.0601. The van der Waals surface area contributed by atoms with Gasteiger partial charge in [-0.15, -0.1) is 6.58 Å². The van der Waals surface area contributed by atoms with Gasteiger partial charge in [-0.25, -0.2) is 4.79 Å². The molecule has 0 saturated heterocycles. The maximum absolute atomic E-state index is 12.4. The number of nitrogens with zero attached hydrogens (tertiary/aromatic N) is 1. The second kappa shape index (κ2) is 8.39. The van der Waals surface area contributed by atoms with Crippen LogP contribution in [0.25, 0.3) is 0 Å². The highest BCUT2D eigenvalue weighted by molar-refractivity contribution is 6.08. The second-order valence-corrected chi connectivity index (χ2v) is 4.92. The second-order valence-electron chi connectivity index (χ2n) is 4.92. The number of amides is 2. The minimum absolute atomic E-state index is 0.107. The summed E-state index contributed by atoms with van der Waals surface area (Å²) in [5.74, 6) is -1.45. The zero-order valence-corrected chi connectivity index (χ0v) is 13.6. The van der Waals surface area contributed by atoms with Crippen LogP contribution >= 0.6 is 0 Å². The van der Waals surface area contributed by atoms with Gasteiger partial charge in [-0.1, -0.05) is 18.2 Å². The number of carbonyl (C=O) groups excluding carboxylic acids is 3. The number of anilines is 1. The van der Waals surface area contributed by atoms with E-state index in [1.165, 1.54) is 31.5 Å². The minimum atomic E-state index is -0.560. The number of pyridine rings is 1. The molecule has 0 radical (unpaired) electrons. The van der Waals surface area contributed by atoms with Crippen LogP contribution in [0.4, 0.5) is 5.69 Å². The molecule has 7 heteroatoms. The number of ether oxygens (including phenoxy) is 1. The van der Waals surface area contributed by atoms with Crippen LogP contribution in [0.15, 0.2) is 55.3 Å². The zero-order valence-electron chi connectivity index (χ0n) is 13.6. The van der Waals surface area contributed by atoms with E-state index in [1.807, 2.05) is 0 Å². The molecule has 2 aromatic rings. The summed E-state index contributed by atoms with van der Waals surface area (Å²) in [6, 6.07) is 9.32. The lowest BCUT2D eigenvalue weighted by Gasteiger charge is -2.10. The number of para-hydroxylation sites is 1. The quantitative estimate of drug-likeness (QED) is 0.620. The van der Waals surface area contributed by atoms with E-state index >= 15 is 0 Å². The highest BCUT2D eigenvalue weighted by atomic mass is 16.5. The van der Waals surface area contributed by atoms with Gasteiger partial charge in [-0.05, 0) is 24.3 Å². The lowest BCUT2D eigenvalue weighted by Crippen LogP contribution is -2.25. The van der Waals surface area contributed by atoms with Crippen LogP contribution < -0.4 is 10.6 Å². The van der Waals surface area contributed by atoms with Crippen molar-refractivity contribution in [3.05, 3.63) is 72.1 Å². The number of benzene rings is 1. The molecular weight excluding hydrogens is 322 g/mol. The van der Waals surface area contributed by atoms with Crippen LogP contribution in [0.5, 0.6) is 0 Å². The first-order valence-corrected chi connectivity index (χ1v) is 7.40. The van der Waals surface area contributed by atoms with Crippen molar-refractivity contribution in [1.29, 1.82) is 0 Å². The Bertz CT molecular complexity index is 817. The van der Waals surface area contributed by atoms with Gasteiger partial charge in [0.2, 0.25) is 0 Å². The van der Waals surface area contributed by atoms with Gasteiger partial charge in [-0.2, -0.15) is 0 Å². The molecule has 25 heavy (non-hydrogen) atoms. The first-order chi connectivity index (χ1) is 12.1. The third kappa shape index (κ3) is 4.51. The number of nitrogens with one attached hydrogen (secondary N) is 2. The summed E-state index contributed by atoms with van der Waals surface area (Å²) in [4.78, 5) is 40.0. The Morgan fingerprint density at radius 2 is 1.96 bits per heavy atom. The number of hydrogen-bond donors (Lipinski definition) is 2. The number of rotatable bonds is 6. The molecule has 0 unspecified atom stereocenters. The highest BCUT2D eigenvalue weighted by Gasteiger charge is 2.15. The van der Waals surface area contributed by atoms with Gasteiger partial charge in [0.25, 0.3) is 11.8 Å². The fourth-order valence-electron chi connectivity index (χ4n) is 2.03. The molecule has 2 amide bonds. The summed E-state index contributed by atoms with van der Waals surface area (Å²) < 4.78 is 4.69. The Labute approximate surface area is 144 Å².